The van der Waals surface area contributed by atoms with Gasteiger partial charge >= 0.3 is 0 Å². The second-order valence-corrected chi connectivity index (χ2v) is 9.22. The Kier molecular flexibility index (Phi) is 6.92. The molecule has 1 atom stereocenters. The molecule has 7 heteroatoms. The Bertz CT molecular complexity index is 1010. The summed E-state index contributed by atoms with van der Waals surface area (Å²) in [6.45, 7) is 3.56. The van der Waals surface area contributed by atoms with Crippen molar-refractivity contribution >= 4 is 35.1 Å². The van der Waals surface area contributed by atoms with Crippen molar-refractivity contribution in [1.82, 2.24) is 19.9 Å². The zero-order valence-corrected chi connectivity index (χ0v) is 18.5. The van der Waals surface area contributed by atoms with Crippen molar-refractivity contribution < 1.29 is 4.79 Å². The summed E-state index contributed by atoms with van der Waals surface area (Å²) in [7, 11) is 0. The van der Waals surface area contributed by atoms with Gasteiger partial charge in [0.05, 0.1) is 11.4 Å². The van der Waals surface area contributed by atoms with Gasteiger partial charge in [0.1, 0.15) is 0 Å². The maximum absolute atomic E-state index is 12.7. The van der Waals surface area contributed by atoms with Crippen molar-refractivity contribution in [2.75, 3.05) is 13.1 Å². The molecule has 1 amide bonds. The highest BCUT2D eigenvalue weighted by Gasteiger charge is 2.26. The lowest BCUT2D eigenvalue weighted by atomic mass is 9.92. The van der Waals surface area contributed by atoms with Crippen LogP contribution in [-0.2, 0) is 10.5 Å². The van der Waals surface area contributed by atoms with Crippen molar-refractivity contribution in [1.29, 1.82) is 0 Å². The molecule has 1 saturated heterocycles. The molecule has 0 aliphatic carbocycles. The van der Waals surface area contributed by atoms with E-state index in [1.54, 1.807) is 35.4 Å². The standard InChI is InChI=1S/C23H24N4OS2/c1-17-14-25-23(30-16-19-7-2-3-11-24-19)26-22(17)18-6-4-12-27(15-18)21(28)10-9-20-8-5-13-29-20/h2-3,5,7-11,13-14,18H,4,6,12,15-16H2,1H3/b10-9+/t18-/m0/s1. The van der Waals surface area contributed by atoms with Crippen molar-refractivity contribution in [3.8, 4) is 0 Å². The quantitative estimate of drug-likeness (QED) is 0.311. The number of aryl methyl sites for hydroxylation is 1. The molecule has 30 heavy (non-hydrogen) atoms. The maximum atomic E-state index is 12.7. The van der Waals surface area contributed by atoms with Crippen LogP contribution < -0.4 is 0 Å². The highest BCUT2D eigenvalue weighted by molar-refractivity contribution is 7.98. The van der Waals surface area contributed by atoms with Gasteiger partial charge in [-0.1, -0.05) is 23.9 Å². The van der Waals surface area contributed by atoms with E-state index in [1.807, 2.05) is 52.9 Å². The molecular formula is C23H24N4OS2. The number of aromatic nitrogens is 3. The number of thiophene rings is 1. The second kappa shape index (κ2) is 10.00. The van der Waals surface area contributed by atoms with Gasteiger partial charge in [0.2, 0.25) is 5.91 Å². The Morgan fingerprint density at radius 3 is 3.03 bits per heavy atom. The van der Waals surface area contributed by atoms with Crippen LogP contribution in [0.25, 0.3) is 6.08 Å². The number of pyridine rings is 1. The van der Waals surface area contributed by atoms with Gasteiger partial charge in [-0.15, -0.1) is 11.3 Å². The molecular weight excluding hydrogens is 412 g/mol. The smallest absolute Gasteiger partial charge is 0.246 e. The number of carbonyl (C=O) groups is 1. The predicted octanol–water partition coefficient (Wildman–Crippen LogP) is 4.95. The molecule has 4 heterocycles. The van der Waals surface area contributed by atoms with Crippen molar-refractivity contribution in [2.45, 2.75) is 36.6 Å². The molecule has 154 valence electrons. The summed E-state index contributed by atoms with van der Waals surface area (Å²) in [5, 5.41) is 2.78. The van der Waals surface area contributed by atoms with Crippen LogP contribution in [0.2, 0.25) is 0 Å². The molecule has 0 bridgehead atoms. The van der Waals surface area contributed by atoms with Crippen molar-refractivity contribution in [2.24, 2.45) is 0 Å². The highest BCUT2D eigenvalue weighted by atomic mass is 32.2. The van der Waals surface area contributed by atoms with Crippen molar-refractivity contribution in [3.63, 3.8) is 0 Å². The lowest BCUT2D eigenvalue weighted by Crippen LogP contribution is -2.38. The van der Waals surface area contributed by atoms with Gasteiger partial charge in [-0.3, -0.25) is 9.78 Å². The third-order valence-corrected chi connectivity index (χ3v) is 6.85. The molecule has 3 aromatic rings. The van der Waals surface area contributed by atoms with E-state index in [4.69, 9.17) is 4.98 Å². The van der Waals surface area contributed by atoms with Gasteiger partial charge in [0.15, 0.2) is 5.16 Å². The van der Waals surface area contributed by atoms with Crippen LogP contribution in [0.3, 0.4) is 0 Å². The largest absolute Gasteiger partial charge is 0.338 e. The molecule has 1 fully saturated rings. The summed E-state index contributed by atoms with van der Waals surface area (Å²) < 4.78 is 0. The van der Waals surface area contributed by atoms with E-state index in [1.165, 1.54) is 0 Å². The maximum Gasteiger partial charge on any atom is 0.246 e. The van der Waals surface area contributed by atoms with E-state index >= 15 is 0 Å². The zero-order valence-electron chi connectivity index (χ0n) is 16.9. The van der Waals surface area contributed by atoms with Gasteiger partial charge in [0.25, 0.3) is 0 Å². The first-order chi connectivity index (χ1) is 14.7. The van der Waals surface area contributed by atoms with Crippen LogP contribution in [0.1, 0.15) is 40.6 Å². The van der Waals surface area contributed by atoms with Gasteiger partial charge in [-0.05, 0) is 55.0 Å². The fourth-order valence-electron chi connectivity index (χ4n) is 3.59. The number of carbonyl (C=O) groups excluding carboxylic acids is 1. The van der Waals surface area contributed by atoms with E-state index in [0.717, 1.165) is 52.1 Å². The lowest BCUT2D eigenvalue weighted by Gasteiger charge is -2.32. The van der Waals surface area contributed by atoms with E-state index in [9.17, 15) is 4.79 Å². The third-order valence-electron chi connectivity index (χ3n) is 5.12. The number of hydrogen-bond donors (Lipinski definition) is 0. The number of amides is 1. The Hall–Kier alpha value is -2.51. The summed E-state index contributed by atoms with van der Waals surface area (Å²) in [5.41, 5.74) is 3.17. The topological polar surface area (TPSA) is 59.0 Å². The normalized spacial score (nSPS) is 16.8. The van der Waals surface area contributed by atoms with Crippen molar-refractivity contribution in [3.05, 3.63) is 76.0 Å². The first-order valence-electron chi connectivity index (χ1n) is 10.1. The second-order valence-electron chi connectivity index (χ2n) is 7.30. The van der Waals surface area contributed by atoms with E-state index in [2.05, 4.69) is 16.9 Å². The number of likely N-dealkylation sites (tertiary alicyclic amines) is 1. The molecule has 0 radical (unpaired) electrons. The molecule has 0 unspecified atom stereocenters. The number of piperidine rings is 1. The number of thioether (sulfide) groups is 1. The van der Waals surface area contributed by atoms with E-state index < -0.39 is 0 Å². The summed E-state index contributed by atoms with van der Waals surface area (Å²) in [6.07, 6.45) is 9.33. The lowest BCUT2D eigenvalue weighted by molar-refractivity contribution is -0.127. The molecule has 5 nitrogen and oxygen atoms in total. The summed E-state index contributed by atoms with van der Waals surface area (Å²) in [5.74, 6) is 1.06. The molecule has 3 aromatic heterocycles. The van der Waals surface area contributed by atoms with Gasteiger partial charge < -0.3 is 4.90 Å². The fourth-order valence-corrected chi connectivity index (χ4v) is 4.94. The average molecular weight is 437 g/mol. The number of hydrogen-bond acceptors (Lipinski definition) is 6. The fraction of sp³-hybridized carbons (Fsp3) is 0.304. The summed E-state index contributed by atoms with van der Waals surface area (Å²) >= 11 is 3.23. The van der Waals surface area contributed by atoms with Crippen LogP contribution in [0.5, 0.6) is 0 Å². The Morgan fingerprint density at radius 1 is 1.30 bits per heavy atom. The summed E-state index contributed by atoms with van der Waals surface area (Å²) in [6, 6.07) is 9.93. The first-order valence-corrected chi connectivity index (χ1v) is 11.9. The molecule has 0 aromatic carbocycles. The van der Waals surface area contributed by atoms with Gasteiger partial charge in [-0.2, -0.15) is 0 Å². The molecule has 0 saturated carbocycles. The molecule has 1 aliphatic rings. The summed E-state index contributed by atoms with van der Waals surface area (Å²) in [4.78, 5) is 29.4. The van der Waals surface area contributed by atoms with Crippen LogP contribution in [0, 0.1) is 6.92 Å². The minimum absolute atomic E-state index is 0.0737. The molecule has 0 N–H and O–H groups in total. The number of rotatable bonds is 6. The number of nitrogens with zero attached hydrogens (tertiary/aromatic N) is 4. The minimum Gasteiger partial charge on any atom is -0.338 e. The van der Waals surface area contributed by atoms with E-state index in [-0.39, 0.29) is 11.8 Å². The Labute approximate surface area is 185 Å². The first kappa shape index (κ1) is 20.8. The van der Waals surface area contributed by atoms with E-state index in [0.29, 0.717) is 6.54 Å². The van der Waals surface area contributed by atoms with Crippen LogP contribution >= 0.6 is 23.1 Å². The molecule has 1 aliphatic heterocycles. The van der Waals surface area contributed by atoms with Gasteiger partial charge in [-0.25, -0.2) is 9.97 Å². The SMILES string of the molecule is Cc1cnc(SCc2ccccn2)nc1[C@H]1CCCN(C(=O)/C=C/c2cccs2)C1. The third kappa shape index (κ3) is 5.34. The minimum atomic E-state index is 0.0737. The van der Waals surface area contributed by atoms with Crippen LogP contribution in [0.15, 0.2) is 59.3 Å². The van der Waals surface area contributed by atoms with Gasteiger partial charge in [0, 0.05) is 48.1 Å². The monoisotopic (exact) mass is 436 g/mol. The molecule has 0 spiro atoms. The average Bonchev–Trinajstić information content (AvgIpc) is 3.31. The highest BCUT2D eigenvalue weighted by Crippen LogP contribution is 2.29. The molecule has 4 rings (SSSR count). The van der Waals surface area contributed by atoms with Crippen LogP contribution in [0.4, 0.5) is 0 Å². The Morgan fingerprint density at radius 2 is 2.23 bits per heavy atom. The zero-order chi connectivity index (χ0) is 20.8. The Balaban J connectivity index is 1.42. The predicted molar refractivity (Wildman–Crippen MR) is 122 cm³/mol. The van der Waals surface area contributed by atoms with Crippen LogP contribution in [-0.4, -0.2) is 38.8 Å².